The quantitative estimate of drug-likeness (QED) is 0.536. The van der Waals surface area contributed by atoms with Gasteiger partial charge in [-0.3, -0.25) is 0 Å². The van der Waals surface area contributed by atoms with Crippen LogP contribution in [0.4, 0.5) is 11.5 Å². The molecule has 0 bridgehead atoms. The molecule has 0 spiro atoms. The maximum absolute atomic E-state index is 5.26. The fourth-order valence-electron chi connectivity index (χ4n) is 3.92. The van der Waals surface area contributed by atoms with Gasteiger partial charge in [0.05, 0.1) is 7.11 Å². The topological polar surface area (TPSA) is 45.9 Å². The van der Waals surface area contributed by atoms with E-state index in [0.29, 0.717) is 0 Å². The van der Waals surface area contributed by atoms with Gasteiger partial charge in [0, 0.05) is 43.6 Å². The predicted octanol–water partition coefficient (Wildman–Crippen LogP) is 3.73. The minimum atomic E-state index is 0.856. The summed E-state index contributed by atoms with van der Waals surface area (Å²) >= 11 is 0. The first-order chi connectivity index (χ1) is 14.3. The molecule has 0 atom stereocenters. The Morgan fingerprint density at radius 2 is 1.55 bits per heavy atom. The lowest BCUT2D eigenvalue weighted by Crippen LogP contribution is -2.47. The first-order valence-corrected chi connectivity index (χ1v) is 9.84. The average molecular weight is 385 g/mol. The highest BCUT2D eigenvalue weighted by Crippen LogP contribution is 2.29. The third kappa shape index (κ3) is 3.38. The zero-order valence-corrected chi connectivity index (χ0v) is 16.4. The van der Waals surface area contributed by atoms with Crippen LogP contribution in [0.15, 0.2) is 73.2 Å². The number of benzene rings is 2. The van der Waals surface area contributed by atoms with Crippen molar-refractivity contribution in [2.45, 2.75) is 0 Å². The first-order valence-electron chi connectivity index (χ1n) is 9.84. The molecule has 6 heteroatoms. The maximum atomic E-state index is 5.26. The van der Waals surface area contributed by atoms with E-state index >= 15 is 0 Å². The van der Waals surface area contributed by atoms with Gasteiger partial charge in [0.25, 0.3) is 0 Å². The molecule has 2 aromatic carbocycles. The highest BCUT2D eigenvalue weighted by molar-refractivity contribution is 5.78. The summed E-state index contributed by atoms with van der Waals surface area (Å²) in [5.41, 5.74) is 4.57. The van der Waals surface area contributed by atoms with Crippen molar-refractivity contribution in [2.24, 2.45) is 0 Å². The minimum Gasteiger partial charge on any atom is -0.497 e. The molecule has 3 heterocycles. The van der Waals surface area contributed by atoms with E-state index in [0.717, 1.165) is 54.4 Å². The zero-order chi connectivity index (χ0) is 19.6. The molecule has 0 amide bonds. The number of ether oxygens (including phenoxy) is 1. The van der Waals surface area contributed by atoms with Gasteiger partial charge in [0.2, 0.25) is 0 Å². The molecule has 0 N–H and O–H groups in total. The van der Waals surface area contributed by atoms with Gasteiger partial charge in [0.15, 0.2) is 5.82 Å². The zero-order valence-electron chi connectivity index (χ0n) is 16.4. The summed E-state index contributed by atoms with van der Waals surface area (Å²) in [6.07, 6.45) is 3.70. The number of hydrogen-bond donors (Lipinski definition) is 0. The van der Waals surface area contributed by atoms with E-state index in [1.165, 1.54) is 5.69 Å². The van der Waals surface area contributed by atoms with Crippen LogP contribution in [0.2, 0.25) is 0 Å². The van der Waals surface area contributed by atoms with Gasteiger partial charge >= 0.3 is 0 Å². The van der Waals surface area contributed by atoms with Gasteiger partial charge in [-0.05, 0) is 35.9 Å². The SMILES string of the molecule is COc1ccc(-c2cc3c(N4CCN(c5ccccc5)CC4)ncnn3c2)cc1. The summed E-state index contributed by atoms with van der Waals surface area (Å²) in [7, 11) is 1.68. The van der Waals surface area contributed by atoms with Crippen LogP contribution in [0.5, 0.6) is 5.75 Å². The summed E-state index contributed by atoms with van der Waals surface area (Å²) in [6, 6.07) is 20.9. The van der Waals surface area contributed by atoms with Crippen molar-refractivity contribution in [1.82, 2.24) is 14.6 Å². The second-order valence-electron chi connectivity index (χ2n) is 7.18. The van der Waals surface area contributed by atoms with Gasteiger partial charge in [-0.15, -0.1) is 0 Å². The van der Waals surface area contributed by atoms with Gasteiger partial charge in [-0.25, -0.2) is 9.50 Å². The monoisotopic (exact) mass is 385 g/mol. The Hall–Kier alpha value is -3.54. The van der Waals surface area contributed by atoms with Gasteiger partial charge in [-0.2, -0.15) is 5.10 Å². The van der Waals surface area contributed by atoms with Crippen LogP contribution >= 0.6 is 0 Å². The number of anilines is 2. The molecule has 2 aromatic heterocycles. The largest absolute Gasteiger partial charge is 0.497 e. The summed E-state index contributed by atoms with van der Waals surface area (Å²) < 4.78 is 7.19. The van der Waals surface area contributed by atoms with E-state index < -0.39 is 0 Å². The van der Waals surface area contributed by atoms with Crippen LogP contribution in [0.3, 0.4) is 0 Å². The number of nitrogens with zero attached hydrogens (tertiary/aromatic N) is 5. The second kappa shape index (κ2) is 7.47. The van der Waals surface area contributed by atoms with Crippen molar-refractivity contribution in [3.63, 3.8) is 0 Å². The predicted molar refractivity (Wildman–Crippen MR) is 116 cm³/mol. The van der Waals surface area contributed by atoms with Gasteiger partial charge in [0.1, 0.15) is 17.6 Å². The molecular formula is C23H23N5O. The van der Waals surface area contributed by atoms with Crippen molar-refractivity contribution in [3.8, 4) is 16.9 Å². The number of hydrogen-bond acceptors (Lipinski definition) is 5. The summed E-state index contributed by atoms with van der Waals surface area (Å²) in [4.78, 5) is 9.40. The highest BCUT2D eigenvalue weighted by atomic mass is 16.5. The average Bonchev–Trinajstić information content (AvgIpc) is 3.24. The lowest BCUT2D eigenvalue weighted by Gasteiger charge is -2.36. The van der Waals surface area contributed by atoms with Crippen molar-refractivity contribution in [3.05, 3.63) is 73.2 Å². The molecule has 1 aliphatic heterocycles. The van der Waals surface area contributed by atoms with E-state index in [9.17, 15) is 0 Å². The number of rotatable bonds is 4. The van der Waals surface area contributed by atoms with Crippen molar-refractivity contribution in [2.75, 3.05) is 43.1 Å². The molecule has 0 radical (unpaired) electrons. The number of aromatic nitrogens is 3. The van der Waals surface area contributed by atoms with Gasteiger partial charge in [-0.1, -0.05) is 30.3 Å². The Balaban J connectivity index is 1.40. The number of para-hydroxylation sites is 1. The molecular weight excluding hydrogens is 362 g/mol. The highest BCUT2D eigenvalue weighted by Gasteiger charge is 2.21. The second-order valence-corrected chi connectivity index (χ2v) is 7.18. The first kappa shape index (κ1) is 17.6. The molecule has 6 nitrogen and oxygen atoms in total. The molecule has 4 aromatic rings. The number of fused-ring (bicyclic) bond motifs is 1. The Kier molecular flexibility index (Phi) is 4.52. The van der Waals surface area contributed by atoms with Crippen LogP contribution in [0.25, 0.3) is 16.6 Å². The van der Waals surface area contributed by atoms with Crippen LogP contribution < -0.4 is 14.5 Å². The standard InChI is InChI=1S/C23H23N5O/c1-29-21-9-7-18(8-10-21)19-15-22-23(24-17-25-28(22)16-19)27-13-11-26(12-14-27)20-5-3-2-4-6-20/h2-10,15-17H,11-14H2,1H3. The molecule has 0 unspecified atom stereocenters. The van der Waals surface area contributed by atoms with Crippen molar-refractivity contribution < 1.29 is 4.74 Å². The Morgan fingerprint density at radius 3 is 2.28 bits per heavy atom. The number of piperazine rings is 1. The molecule has 1 aliphatic rings. The molecule has 5 rings (SSSR count). The lowest BCUT2D eigenvalue weighted by atomic mass is 10.1. The Morgan fingerprint density at radius 1 is 0.828 bits per heavy atom. The lowest BCUT2D eigenvalue weighted by molar-refractivity contribution is 0.415. The van der Waals surface area contributed by atoms with E-state index in [1.54, 1.807) is 13.4 Å². The van der Waals surface area contributed by atoms with Crippen LogP contribution in [0, 0.1) is 0 Å². The molecule has 1 saturated heterocycles. The normalized spacial score (nSPS) is 14.4. The summed E-state index contributed by atoms with van der Waals surface area (Å²) in [5.74, 6) is 1.85. The van der Waals surface area contributed by atoms with E-state index in [2.05, 4.69) is 74.6 Å². The Bertz CT molecular complexity index is 1100. The fraction of sp³-hybridized carbons (Fsp3) is 0.217. The molecule has 1 fully saturated rings. The smallest absolute Gasteiger partial charge is 0.156 e. The van der Waals surface area contributed by atoms with Crippen molar-refractivity contribution in [1.29, 1.82) is 0 Å². The van der Waals surface area contributed by atoms with Gasteiger partial charge < -0.3 is 14.5 Å². The van der Waals surface area contributed by atoms with E-state index in [1.807, 2.05) is 16.6 Å². The molecule has 0 saturated carbocycles. The summed E-state index contributed by atoms with van der Waals surface area (Å²) in [5, 5.41) is 4.42. The van der Waals surface area contributed by atoms with Crippen LogP contribution in [0.1, 0.15) is 0 Å². The van der Waals surface area contributed by atoms with E-state index in [4.69, 9.17) is 4.74 Å². The molecule has 29 heavy (non-hydrogen) atoms. The van der Waals surface area contributed by atoms with Crippen molar-refractivity contribution >= 4 is 17.0 Å². The maximum Gasteiger partial charge on any atom is 0.156 e. The molecule has 0 aliphatic carbocycles. The summed E-state index contributed by atoms with van der Waals surface area (Å²) in [6.45, 7) is 3.83. The van der Waals surface area contributed by atoms with E-state index in [-0.39, 0.29) is 0 Å². The van der Waals surface area contributed by atoms with Crippen LogP contribution in [-0.4, -0.2) is 47.9 Å². The number of methoxy groups -OCH3 is 1. The molecule has 146 valence electrons. The third-order valence-electron chi connectivity index (χ3n) is 5.51. The fourth-order valence-corrected chi connectivity index (χ4v) is 3.92. The Labute approximate surface area is 170 Å². The minimum absolute atomic E-state index is 0.856. The third-order valence-corrected chi connectivity index (χ3v) is 5.51. The van der Waals surface area contributed by atoms with Crippen LogP contribution in [-0.2, 0) is 0 Å².